The number of ether oxygens (including phenoxy) is 2. The highest BCUT2D eigenvalue weighted by Crippen LogP contribution is 2.41. The summed E-state index contributed by atoms with van der Waals surface area (Å²) in [5, 5.41) is 12.4. The molecule has 0 radical (unpaired) electrons. The average molecular weight is 307 g/mol. The largest absolute Gasteiger partial charge is 0.495 e. The van der Waals surface area contributed by atoms with Crippen molar-refractivity contribution in [2.24, 2.45) is 0 Å². The van der Waals surface area contributed by atoms with Gasteiger partial charge in [-0.2, -0.15) is 0 Å². The van der Waals surface area contributed by atoms with E-state index in [-0.39, 0.29) is 11.4 Å². The van der Waals surface area contributed by atoms with Gasteiger partial charge in [0, 0.05) is 11.5 Å². The summed E-state index contributed by atoms with van der Waals surface area (Å²) in [5.74, 6) is 0.172. The smallest absolute Gasteiger partial charge is 0.315 e. The minimum atomic E-state index is -0.441. The first kappa shape index (κ1) is 15.1. The van der Waals surface area contributed by atoms with Crippen LogP contribution in [0.3, 0.4) is 0 Å². The number of carbonyl (C=O) groups is 1. The van der Waals surface area contributed by atoms with E-state index in [0.29, 0.717) is 21.4 Å². The first-order valence-corrected chi connectivity index (χ1v) is 7.00. The molecule has 0 saturated carbocycles. The molecule has 0 aromatic heterocycles. The number of hydrogen-bond donors (Lipinski definition) is 0. The summed E-state index contributed by atoms with van der Waals surface area (Å²) in [6, 6.07) is 8.36. The molecule has 0 aliphatic carbocycles. The maximum atomic E-state index is 11.2. The predicted molar refractivity (Wildman–Crippen MR) is 79.9 cm³/mol. The van der Waals surface area contributed by atoms with Crippen molar-refractivity contribution >= 4 is 34.2 Å². The van der Waals surface area contributed by atoms with Gasteiger partial charge in [0.2, 0.25) is 0 Å². The Morgan fingerprint density at radius 1 is 1.29 bits per heavy atom. The number of methoxy groups -OCH3 is 2. The van der Waals surface area contributed by atoms with Crippen LogP contribution >= 0.6 is 11.8 Å². The number of nitrogens with zero attached hydrogens (tertiary/aromatic N) is 1. The topological polar surface area (TPSA) is 78.7 Å². The molecule has 0 spiro atoms. The highest BCUT2D eigenvalue weighted by atomic mass is 32.2. The van der Waals surface area contributed by atoms with E-state index in [1.165, 1.54) is 20.3 Å². The van der Waals surface area contributed by atoms with Gasteiger partial charge in [-0.1, -0.05) is 18.2 Å². The van der Waals surface area contributed by atoms with E-state index in [1.54, 1.807) is 24.3 Å². The Morgan fingerprint density at radius 3 is 2.52 bits per heavy atom. The molecule has 0 fully saturated rings. The third-order valence-corrected chi connectivity index (χ3v) is 3.91. The fourth-order valence-electron chi connectivity index (χ4n) is 1.97. The quantitative estimate of drug-likeness (QED) is 0.366. The average Bonchev–Trinajstić information content (AvgIpc) is 2.50. The molecular formula is C14H13NO5S. The van der Waals surface area contributed by atoms with Crippen LogP contribution in [-0.4, -0.2) is 30.9 Å². The van der Waals surface area contributed by atoms with Crippen LogP contribution in [0.25, 0.3) is 10.8 Å². The normalized spacial score (nSPS) is 10.4. The van der Waals surface area contributed by atoms with Crippen LogP contribution in [0.4, 0.5) is 5.69 Å². The second-order valence-corrected chi connectivity index (χ2v) is 5.11. The maximum absolute atomic E-state index is 11.2. The summed E-state index contributed by atoms with van der Waals surface area (Å²) in [6.45, 7) is 0. The van der Waals surface area contributed by atoms with E-state index in [0.717, 1.165) is 11.8 Å². The summed E-state index contributed by atoms with van der Waals surface area (Å²) in [6.07, 6.45) is 0. The van der Waals surface area contributed by atoms with Gasteiger partial charge in [-0.05, 0) is 6.07 Å². The van der Waals surface area contributed by atoms with Crippen LogP contribution in [-0.2, 0) is 9.53 Å². The van der Waals surface area contributed by atoms with Gasteiger partial charge in [0.25, 0.3) is 5.69 Å². The van der Waals surface area contributed by atoms with Gasteiger partial charge in [-0.3, -0.25) is 14.9 Å². The number of benzene rings is 2. The first-order chi connectivity index (χ1) is 10.1. The predicted octanol–water partition coefficient (Wildman–Crippen LogP) is 3.02. The van der Waals surface area contributed by atoms with Crippen molar-refractivity contribution in [3.8, 4) is 5.75 Å². The molecule has 7 heteroatoms. The number of nitro benzene ring substituents is 1. The van der Waals surface area contributed by atoms with Crippen molar-refractivity contribution in [2.75, 3.05) is 20.0 Å². The number of thioether (sulfide) groups is 1. The van der Waals surface area contributed by atoms with Gasteiger partial charge in [-0.25, -0.2) is 0 Å². The third kappa shape index (κ3) is 3.08. The molecule has 0 aliphatic heterocycles. The van der Waals surface area contributed by atoms with Gasteiger partial charge in [0.1, 0.15) is 5.75 Å². The molecule has 2 aromatic rings. The summed E-state index contributed by atoms with van der Waals surface area (Å²) in [4.78, 5) is 22.6. The third-order valence-electron chi connectivity index (χ3n) is 2.91. The zero-order chi connectivity index (χ0) is 15.4. The fraction of sp³-hybridized carbons (Fsp3) is 0.214. The van der Waals surface area contributed by atoms with Gasteiger partial charge in [0.15, 0.2) is 0 Å². The highest BCUT2D eigenvalue weighted by molar-refractivity contribution is 8.00. The Hall–Kier alpha value is -2.28. The van der Waals surface area contributed by atoms with E-state index in [9.17, 15) is 14.9 Å². The highest BCUT2D eigenvalue weighted by Gasteiger charge is 2.20. The first-order valence-electron chi connectivity index (χ1n) is 6.02. The van der Waals surface area contributed by atoms with Crippen LogP contribution in [0, 0.1) is 10.1 Å². The zero-order valence-corrected chi connectivity index (χ0v) is 12.3. The molecule has 21 heavy (non-hydrogen) atoms. The molecule has 2 aromatic carbocycles. The number of non-ortho nitro benzene ring substituents is 1. The Balaban J connectivity index is 2.58. The van der Waals surface area contributed by atoms with Crippen molar-refractivity contribution in [1.29, 1.82) is 0 Å². The second-order valence-electron chi connectivity index (χ2n) is 4.09. The number of esters is 1. The van der Waals surface area contributed by atoms with Crippen LogP contribution < -0.4 is 4.74 Å². The molecule has 6 nitrogen and oxygen atoms in total. The van der Waals surface area contributed by atoms with E-state index < -0.39 is 10.9 Å². The second kappa shape index (κ2) is 6.45. The van der Waals surface area contributed by atoms with Crippen molar-refractivity contribution in [3.63, 3.8) is 0 Å². The molecular weight excluding hydrogens is 294 g/mol. The summed E-state index contributed by atoms with van der Waals surface area (Å²) in [5.41, 5.74) is -0.0150. The summed E-state index contributed by atoms with van der Waals surface area (Å²) < 4.78 is 9.94. The molecule has 0 N–H and O–H groups in total. The number of fused-ring (bicyclic) bond motifs is 1. The van der Waals surface area contributed by atoms with Crippen molar-refractivity contribution in [2.45, 2.75) is 4.90 Å². The molecule has 0 unspecified atom stereocenters. The number of carbonyl (C=O) groups excluding carboxylic acids is 1. The molecule has 0 aliphatic rings. The van der Waals surface area contributed by atoms with Crippen LogP contribution in [0.5, 0.6) is 5.75 Å². The lowest BCUT2D eigenvalue weighted by atomic mass is 10.1. The van der Waals surface area contributed by atoms with Gasteiger partial charge < -0.3 is 9.47 Å². The Morgan fingerprint density at radius 2 is 1.95 bits per heavy atom. The molecule has 0 atom stereocenters. The molecule has 110 valence electrons. The Labute approximate surface area is 125 Å². The van der Waals surface area contributed by atoms with E-state index >= 15 is 0 Å². The van der Waals surface area contributed by atoms with Crippen molar-refractivity contribution in [1.82, 2.24) is 0 Å². The molecule has 0 heterocycles. The number of hydrogen-bond acceptors (Lipinski definition) is 6. The lowest BCUT2D eigenvalue weighted by molar-refractivity contribution is -0.383. The van der Waals surface area contributed by atoms with E-state index in [2.05, 4.69) is 4.74 Å². The van der Waals surface area contributed by atoms with Gasteiger partial charge in [-0.15, -0.1) is 11.8 Å². The van der Waals surface area contributed by atoms with Crippen LogP contribution in [0.1, 0.15) is 0 Å². The van der Waals surface area contributed by atoms with E-state index in [4.69, 9.17) is 4.74 Å². The molecule has 2 rings (SSSR count). The fourth-order valence-corrected chi connectivity index (χ4v) is 2.88. The van der Waals surface area contributed by atoms with Gasteiger partial charge >= 0.3 is 5.97 Å². The monoisotopic (exact) mass is 307 g/mol. The summed E-state index contributed by atoms with van der Waals surface area (Å²) >= 11 is 1.15. The maximum Gasteiger partial charge on any atom is 0.315 e. The molecule has 0 saturated heterocycles. The summed E-state index contributed by atoms with van der Waals surface area (Å²) in [7, 11) is 2.79. The Bertz CT molecular complexity index is 701. The van der Waals surface area contributed by atoms with Crippen molar-refractivity contribution in [3.05, 3.63) is 40.4 Å². The lowest BCUT2D eigenvalue weighted by Gasteiger charge is -2.11. The van der Waals surface area contributed by atoms with Crippen LogP contribution in [0.15, 0.2) is 35.2 Å². The number of nitro groups is 1. The molecule has 0 amide bonds. The standard InChI is InChI=1S/C14H13NO5S/c1-19-13(16)8-21-12-7-11(15(17)18)9-5-3-4-6-10(9)14(12)20-2/h3-7H,8H2,1-2H3. The molecule has 0 bridgehead atoms. The SMILES string of the molecule is COC(=O)CSc1cc([N+](=O)[O-])c2ccccc2c1OC. The minimum Gasteiger partial charge on any atom is -0.495 e. The zero-order valence-electron chi connectivity index (χ0n) is 11.5. The lowest BCUT2D eigenvalue weighted by Crippen LogP contribution is -2.03. The van der Waals surface area contributed by atoms with E-state index in [1.807, 2.05) is 0 Å². The van der Waals surface area contributed by atoms with Crippen LogP contribution in [0.2, 0.25) is 0 Å². The minimum absolute atomic E-state index is 0.0150. The van der Waals surface area contributed by atoms with Crippen molar-refractivity contribution < 1.29 is 19.2 Å². The number of rotatable bonds is 5. The Kier molecular flexibility index (Phi) is 4.64. The van der Waals surface area contributed by atoms with Gasteiger partial charge in [0.05, 0.1) is 35.2 Å².